The van der Waals surface area contributed by atoms with Gasteiger partial charge in [-0.25, -0.2) is 0 Å². The summed E-state index contributed by atoms with van der Waals surface area (Å²) in [7, 11) is 0. The molecular formula is C16H21NO4. The summed E-state index contributed by atoms with van der Waals surface area (Å²) in [6, 6.07) is 9.95. The third kappa shape index (κ3) is 4.86. The molecule has 0 aromatic heterocycles. The summed E-state index contributed by atoms with van der Waals surface area (Å²) < 4.78 is 5.41. The minimum absolute atomic E-state index is 0.0270. The van der Waals surface area contributed by atoms with Gasteiger partial charge in [0.25, 0.3) is 0 Å². The van der Waals surface area contributed by atoms with E-state index in [9.17, 15) is 9.59 Å². The van der Waals surface area contributed by atoms with E-state index in [1.54, 1.807) is 4.90 Å². The lowest BCUT2D eigenvalue weighted by Gasteiger charge is -2.30. The number of likely N-dealkylation sites (tertiary alicyclic amines) is 1. The molecule has 5 heteroatoms. The summed E-state index contributed by atoms with van der Waals surface area (Å²) in [6.07, 6.45) is 2.16. The van der Waals surface area contributed by atoms with Gasteiger partial charge in [0.15, 0.2) is 0 Å². The van der Waals surface area contributed by atoms with Crippen LogP contribution < -0.4 is 0 Å². The van der Waals surface area contributed by atoms with E-state index in [1.165, 1.54) is 5.56 Å². The summed E-state index contributed by atoms with van der Waals surface area (Å²) in [5, 5.41) is 9.01. The van der Waals surface area contributed by atoms with E-state index in [2.05, 4.69) is 0 Å². The standard InChI is InChI=1S/C16H21NO4/c18-15(17-9-4-7-14(11-17)16(19)20)12-21-10-8-13-5-2-1-3-6-13/h1-3,5-6,14H,4,7-12H2,(H,19,20)/t14-/m0/s1. The summed E-state index contributed by atoms with van der Waals surface area (Å²) in [5.41, 5.74) is 1.17. The fraction of sp³-hybridized carbons (Fsp3) is 0.500. The van der Waals surface area contributed by atoms with E-state index in [-0.39, 0.29) is 12.5 Å². The van der Waals surface area contributed by atoms with Crippen molar-refractivity contribution >= 4 is 11.9 Å². The molecule has 1 aliphatic rings. The van der Waals surface area contributed by atoms with Crippen molar-refractivity contribution in [3.05, 3.63) is 35.9 Å². The van der Waals surface area contributed by atoms with Gasteiger partial charge in [0.05, 0.1) is 12.5 Å². The van der Waals surface area contributed by atoms with Crippen LogP contribution in [0, 0.1) is 5.92 Å². The van der Waals surface area contributed by atoms with E-state index in [0.29, 0.717) is 26.1 Å². The number of hydrogen-bond donors (Lipinski definition) is 1. The van der Waals surface area contributed by atoms with Crippen LogP contribution in [-0.2, 0) is 20.7 Å². The molecule has 1 N–H and O–H groups in total. The average Bonchev–Trinajstić information content (AvgIpc) is 2.52. The van der Waals surface area contributed by atoms with Gasteiger partial charge in [-0.05, 0) is 24.8 Å². The smallest absolute Gasteiger partial charge is 0.308 e. The molecule has 0 saturated carbocycles. The molecule has 1 fully saturated rings. The zero-order valence-electron chi connectivity index (χ0n) is 12.0. The molecule has 114 valence electrons. The first-order valence-corrected chi connectivity index (χ1v) is 7.29. The Bertz CT molecular complexity index is 474. The molecule has 1 aliphatic heterocycles. The van der Waals surface area contributed by atoms with Crippen LogP contribution in [0.3, 0.4) is 0 Å². The molecule has 2 rings (SSSR count). The van der Waals surface area contributed by atoms with Gasteiger partial charge in [-0.3, -0.25) is 9.59 Å². The number of benzene rings is 1. The van der Waals surface area contributed by atoms with Gasteiger partial charge < -0.3 is 14.7 Å². The molecule has 1 atom stereocenters. The molecule has 1 saturated heterocycles. The molecule has 5 nitrogen and oxygen atoms in total. The fourth-order valence-corrected chi connectivity index (χ4v) is 2.49. The van der Waals surface area contributed by atoms with Crippen molar-refractivity contribution in [2.24, 2.45) is 5.92 Å². The number of ether oxygens (including phenoxy) is 1. The highest BCUT2D eigenvalue weighted by molar-refractivity contribution is 5.79. The zero-order valence-corrected chi connectivity index (χ0v) is 12.0. The SMILES string of the molecule is O=C(O)[C@H]1CCCN(C(=O)COCCc2ccccc2)C1. The second-order valence-corrected chi connectivity index (χ2v) is 5.31. The molecule has 1 aromatic rings. The normalized spacial score (nSPS) is 18.5. The third-order valence-electron chi connectivity index (χ3n) is 3.73. The minimum Gasteiger partial charge on any atom is -0.481 e. The Hall–Kier alpha value is -1.88. The van der Waals surface area contributed by atoms with Gasteiger partial charge >= 0.3 is 5.97 Å². The van der Waals surface area contributed by atoms with Gasteiger partial charge in [-0.1, -0.05) is 30.3 Å². The Morgan fingerprint density at radius 3 is 2.76 bits per heavy atom. The number of carboxylic acids is 1. The van der Waals surface area contributed by atoms with Gasteiger partial charge in [0.1, 0.15) is 6.61 Å². The van der Waals surface area contributed by atoms with Crippen molar-refractivity contribution in [2.45, 2.75) is 19.3 Å². The van der Waals surface area contributed by atoms with E-state index in [1.807, 2.05) is 30.3 Å². The molecule has 0 radical (unpaired) electrons. The van der Waals surface area contributed by atoms with Crippen LogP contribution in [0.2, 0.25) is 0 Å². The van der Waals surface area contributed by atoms with Crippen molar-refractivity contribution in [3.8, 4) is 0 Å². The van der Waals surface area contributed by atoms with Gasteiger partial charge in [0, 0.05) is 13.1 Å². The maximum Gasteiger partial charge on any atom is 0.308 e. The Balaban J connectivity index is 1.68. The molecule has 1 heterocycles. The van der Waals surface area contributed by atoms with Gasteiger partial charge in [-0.15, -0.1) is 0 Å². The molecule has 21 heavy (non-hydrogen) atoms. The molecule has 1 amide bonds. The Labute approximate surface area is 124 Å². The topological polar surface area (TPSA) is 66.8 Å². The predicted octanol–water partition coefficient (Wildman–Crippen LogP) is 1.57. The molecule has 0 aliphatic carbocycles. The first kappa shape index (κ1) is 15.5. The van der Waals surface area contributed by atoms with Crippen LogP contribution in [0.1, 0.15) is 18.4 Å². The minimum atomic E-state index is -0.822. The number of carbonyl (C=O) groups excluding carboxylic acids is 1. The maximum absolute atomic E-state index is 12.0. The summed E-state index contributed by atoms with van der Waals surface area (Å²) in [5.74, 6) is -1.38. The van der Waals surface area contributed by atoms with Gasteiger partial charge in [0.2, 0.25) is 5.91 Å². The summed E-state index contributed by atoms with van der Waals surface area (Å²) in [6.45, 7) is 1.45. The van der Waals surface area contributed by atoms with Crippen LogP contribution in [-0.4, -0.2) is 48.2 Å². The van der Waals surface area contributed by atoms with E-state index < -0.39 is 11.9 Å². The number of rotatable bonds is 6. The van der Waals surface area contributed by atoms with Crippen molar-refractivity contribution in [3.63, 3.8) is 0 Å². The lowest BCUT2D eigenvalue weighted by atomic mass is 9.98. The molecule has 1 aromatic carbocycles. The number of amides is 1. The second kappa shape index (κ2) is 7.78. The van der Waals surface area contributed by atoms with Crippen LogP contribution in [0.5, 0.6) is 0 Å². The van der Waals surface area contributed by atoms with Crippen molar-refractivity contribution in [1.82, 2.24) is 4.90 Å². The third-order valence-corrected chi connectivity index (χ3v) is 3.73. The number of piperidine rings is 1. The second-order valence-electron chi connectivity index (χ2n) is 5.31. The van der Waals surface area contributed by atoms with Gasteiger partial charge in [-0.2, -0.15) is 0 Å². The molecule has 0 bridgehead atoms. The van der Waals surface area contributed by atoms with Crippen LogP contribution in [0.25, 0.3) is 0 Å². The number of carboxylic acid groups (broad SMARTS) is 1. The molecular weight excluding hydrogens is 270 g/mol. The lowest BCUT2D eigenvalue weighted by molar-refractivity contribution is -0.147. The highest BCUT2D eigenvalue weighted by Gasteiger charge is 2.27. The monoisotopic (exact) mass is 291 g/mol. The highest BCUT2D eigenvalue weighted by atomic mass is 16.5. The predicted molar refractivity (Wildman–Crippen MR) is 77.9 cm³/mol. The quantitative estimate of drug-likeness (QED) is 0.808. The van der Waals surface area contributed by atoms with Crippen molar-refractivity contribution in [1.29, 1.82) is 0 Å². The average molecular weight is 291 g/mol. The first-order chi connectivity index (χ1) is 10.2. The van der Waals surface area contributed by atoms with Crippen molar-refractivity contribution in [2.75, 3.05) is 26.3 Å². The summed E-state index contributed by atoms with van der Waals surface area (Å²) >= 11 is 0. The van der Waals surface area contributed by atoms with Crippen LogP contribution >= 0.6 is 0 Å². The number of carbonyl (C=O) groups is 2. The zero-order chi connectivity index (χ0) is 15.1. The number of nitrogens with zero attached hydrogens (tertiary/aromatic N) is 1. The maximum atomic E-state index is 12.0. The lowest BCUT2D eigenvalue weighted by Crippen LogP contribution is -2.43. The Morgan fingerprint density at radius 1 is 1.29 bits per heavy atom. The molecule has 0 unspecified atom stereocenters. The van der Waals surface area contributed by atoms with Crippen LogP contribution in [0.4, 0.5) is 0 Å². The van der Waals surface area contributed by atoms with Crippen LogP contribution in [0.15, 0.2) is 30.3 Å². The highest BCUT2D eigenvalue weighted by Crippen LogP contribution is 2.16. The van der Waals surface area contributed by atoms with Crippen molar-refractivity contribution < 1.29 is 19.4 Å². The number of hydrogen-bond acceptors (Lipinski definition) is 3. The number of aliphatic carboxylic acids is 1. The van der Waals surface area contributed by atoms with E-state index >= 15 is 0 Å². The Morgan fingerprint density at radius 2 is 2.05 bits per heavy atom. The molecule has 0 spiro atoms. The largest absolute Gasteiger partial charge is 0.481 e. The van der Waals surface area contributed by atoms with E-state index in [4.69, 9.17) is 9.84 Å². The fourth-order valence-electron chi connectivity index (χ4n) is 2.49. The van der Waals surface area contributed by atoms with E-state index in [0.717, 1.165) is 12.8 Å². The first-order valence-electron chi connectivity index (χ1n) is 7.29. The summed E-state index contributed by atoms with van der Waals surface area (Å²) in [4.78, 5) is 24.6. The Kier molecular flexibility index (Phi) is 5.75.